The van der Waals surface area contributed by atoms with Crippen LogP contribution in [0.2, 0.25) is 0 Å². The van der Waals surface area contributed by atoms with Crippen LogP contribution in [0, 0.1) is 11.8 Å². The summed E-state index contributed by atoms with van der Waals surface area (Å²) in [5, 5.41) is 0.418. The second-order valence-electron chi connectivity index (χ2n) is 9.51. The molecule has 34 heavy (non-hydrogen) atoms. The highest BCUT2D eigenvalue weighted by atomic mass is 32.1. The predicted octanol–water partition coefficient (Wildman–Crippen LogP) is 6.23. The van der Waals surface area contributed by atoms with Crippen molar-refractivity contribution < 1.29 is 13.2 Å². The van der Waals surface area contributed by atoms with Gasteiger partial charge in [-0.2, -0.15) is 13.2 Å². The zero-order chi connectivity index (χ0) is 24.6. The fourth-order valence-electron chi connectivity index (χ4n) is 4.74. The van der Waals surface area contributed by atoms with E-state index >= 15 is 0 Å². The number of benzene rings is 1. The second kappa shape index (κ2) is 9.56. The number of thiophene rings is 1. The van der Waals surface area contributed by atoms with Gasteiger partial charge in [0.25, 0.3) is 5.56 Å². The first-order valence-electron chi connectivity index (χ1n) is 11.7. The molecule has 3 aromatic rings. The molecule has 0 N–H and O–H groups in total. The zero-order valence-electron chi connectivity index (χ0n) is 19.6. The first-order chi connectivity index (χ1) is 16.1. The molecule has 4 rings (SSSR count). The van der Waals surface area contributed by atoms with Crippen LogP contribution in [0.5, 0.6) is 0 Å². The van der Waals surface area contributed by atoms with Crippen LogP contribution in [0.4, 0.5) is 13.2 Å². The number of nitrogens with zero attached hydrogens (tertiary/aromatic N) is 2. The number of allylic oxidation sites excluding steroid dienone is 1. The number of fused-ring (bicyclic) bond motifs is 1. The third kappa shape index (κ3) is 4.78. The Hall–Kier alpha value is -2.61. The van der Waals surface area contributed by atoms with Gasteiger partial charge >= 0.3 is 11.9 Å². The van der Waals surface area contributed by atoms with Crippen LogP contribution in [-0.2, 0) is 26.2 Å². The molecule has 4 nitrogen and oxygen atoms in total. The monoisotopic (exact) mass is 490 g/mol. The summed E-state index contributed by atoms with van der Waals surface area (Å²) in [4.78, 5) is 27.4. The van der Waals surface area contributed by atoms with Crippen LogP contribution in [0.15, 0.2) is 39.9 Å². The van der Waals surface area contributed by atoms with Crippen LogP contribution in [-0.4, -0.2) is 9.13 Å². The minimum Gasteiger partial charge on any atom is -0.284 e. The fourth-order valence-corrected chi connectivity index (χ4v) is 6.04. The van der Waals surface area contributed by atoms with Crippen molar-refractivity contribution in [3.05, 3.63) is 72.7 Å². The Bertz CT molecular complexity index is 1340. The molecule has 1 aliphatic rings. The maximum Gasteiger partial charge on any atom is 0.416 e. The molecule has 0 aliphatic heterocycles. The predicted molar refractivity (Wildman–Crippen MR) is 131 cm³/mol. The van der Waals surface area contributed by atoms with E-state index in [2.05, 4.69) is 6.08 Å². The minimum atomic E-state index is -4.47. The van der Waals surface area contributed by atoms with Gasteiger partial charge < -0.3 is 0 Å². The lowest BCUT2D eigenvalue weighted by Gasteiger charge is -2.12. The van der Waals surface area contributed by atoms with E-state index in [9.17, 15) is 22.8 Å². The van der Waals surface area contributed by atoms with E-state index in [0.29, 0.717) is 33.1 Å². The van der Waals surface area contributed by atoms with Gasteiger partial charge in [0.05, 0.1) is 10.9 Å². The van der Waals surface area contributed by atoms with E-state index in [4.69, 9.17) is 0 Å². The summed E-state index contributed by atoms with van der Waals surface area (Å²) in [6, 6.07) is 5.55. The van der Waals surface area contributed by atoms with Crippen LogP contribution in [0.1, 0.15) is 61.1 Å². The number of rotatable bonds is 6. The van der Waals surface area contributed by atoms with Gasteiger partial charge in [0.1, 0.15) is 4.83 Å². The summed E-state index contributed by atoms with van der Waals surface area (Å²) >= 11 is 1.26. The van der Waals surface area contributed by atoms with Gasteiger partial charge in [-0.15, -0.1) is 11.3 Å². The molecule has 0 atom stereocenters. The molecule has 182 valence electrons. The van der Waals surface area contributed by atoms with Gasteiger partial charge in [-0.05, 0) is 36.3 Å². The Morgan fingerprint density at radius 2 is 1.82 bits per heavy atom. The van der Waals surface area contributed by atoms with E-state index in [1.807, 2.05) is 19.9 Å². The quantitative estimate of drug-likeness (QED) is 0.411. The fraction of sp³-hybridized carbons (Fsp3) is 0.462. The third-order valence-electron chi connectivity index (χ3n) is 6.44. The van der Waals surface area contributed by atoms with Crippen LogP contribution in [0.3, 0.4) is 0 Å². The summed E-state index contributed by atoms with van der Waals surface area (Å²) in [5.74, 6) is 0.558. The number of halogens is 3. The standard InChI is InChI=1S/C26H29F3N2O2S/c1-16(2)15-31-24-22(23(32)30(3)25(31)33)19(13-12-17-8-4-5-9-17)21(34-24)14-18-10-6-7-11-20(18)26(27,28)29/h6-7,10-13,16-17H,4-5,8-9,14-15H2,1-3H3/b13-12-. The molecular formula is C26H29F3N2O2S. The molecule has 1 aliphatic carbocycles. The maximum atomic E-state index is 13.7. The second-order valence-corrected chi connectivity index (χ2v) is 10.6. The molecule has 8 heteroatoms. The Morgan fingerprint density at radius 1 is 1.15 bits per heavy atom. The lowest BCUT2D eigenvalue weighted by atomic mass is 9.99. The largest absolute Gasteiger partial charge is 0.416 e. The van der Waals surface area contributed by atoms with Crippen LogP contribution < -0.4 is 11.2 Å². The maximum absolute atomic E-state index is 13.7. The smallest absolute Gasteiger partial charge is 0.284 e. The van der Waals surface area contributed by atoms with E-state index in [1.165, 1.54) is 30.5 Å². The number of aromatic nitrogens is 2. The van der Waals surface area contributed by atoms with Gasteiger partial charge in [-0.1, -0.05) is 57.0 Å². The Labute approximate surface area is 200 Å². The SMILES string of the molecule is CC(C)Cn1c(=O)n(C)c(=O)c2c(/C=C\C3CCCC3)c(Cc3ccccc3C(F)(F)F)sc21. The van der Waals surface area contributed by atoms with E-state index < -0.39 is 23.0 Å². The number of hydrogen-bond donors (Lipinski definition) is 0. The molecule has 0 unspecified atom stereocenters. The van der Waals surface area contributed by atoms with E-state index in [-0.39, 0.29) is 17.9 Å². The molecule has 0 saturated heterocycles. The van der Waals surface area contributed by atoms with Crippen LogP contribution in [0.25, 0.3) is 16.3 Å². The number of hydrogen-bond acceptors (Lipinski definition) is 3. The molecule has 1 saturated carbocycles. The van der Waals surface area contributed by atoms with E-state index in [1.54, 1.807) is 10.6 Å². The third-order valence-corrected chi connectivity index (χ3v) is 7.67. The Balaban J connectivity index is 1.95. The van der Waals surface area contributed by atoms with Crippen molar-refractivity contribution in [2.75, 3.05) is 0 Å². The summed E-state index contributed by atoms with van der Waals surface area (Å²) in [7, 11) is 1.46. The van der Waals surface area contributed by atoms with Gasteiger partial charge in [0.2, 0.25) is 0 Å². The summed E-state index contributed by atoms with van der Waals surface area (Å²) in [5.41, 5.74) is -0.682. The van der Waals surface area contributed by atoms with Crippen LogP contribution >= 0.6 is 11.3 Å². The average Bonchev–Trinajstić information content (AvgIpc) is 3.41. The van der Waals surface area contributed by atoms with Gasteiger partial charge in [-0.3, -0.25) is 13.9 Å². The molecule has 0 bridgehead atoms. The first-order valence-corrected chi connectivity index (χ1v) is 12.5. The molecule has 1 aromatic carbocycles. The van der Waals surface area contributed by atoms with Crippen molar-refractivity contribution >= 4 is 27.6 Å². The first kappa shape index (κ1) is 24.5. The topological polar surface area (TPSA) is 44.0 Å². The highest BCUT2D eigenvalue weighted by molar-refractivity contribution is 7.19. The van der Waals surface area contributed by atoms with Crippen molar-refractivity contribution in [1.82, 2.24) is 9.13 Å². The Kier molecular flexibility index (Phi) is 6.90. The van der Waals surface area contributed by atoms with Crippen molar-refractivity contribution in [1.29, 1.82) is 0 Å². The highest BCUT2D eigenvalue weighted by Gasteiger charge is 2.33. The minimum absolute atomic E-state index is 0.0401. The van der Waals surface area contributed by atoms with Crippen molar-refractivity contribution in [3.63, 3.8) is 0 Å². The molecule has 0 radical (unpaired) electrons. The lowest BCUT2D eigenvalue weighted by Crippen LogP contribution is -2.38. The zero-order valence-corrected chi connectivity index (χ0v) is 20.4. The Morgan fingerprint density at radius 3 is 2.47 bits per heavy atom. The molecule has 0 spiro atoms. The molecular weight excluding hydrogens is 461 g/mol. The summed E-state index contributed by atoms with van der Waals surface area (Å²) in [6.07, 6.45) is 4.02. The van der Waals surface area contributed by atoms with Gasteiger partial charge in [0.15, 0.2) is 0 Å². The highest BCUT2D eigenvalue weighted by Crippen LogP contribution is 2.37. The average molecular weight is 491 g/mol. The van der Waals surface area contributed by atoms with Crippen molar-refractivity contribution in [2.45, 2.75) is 58.7 Å². The van der Waals surface area contributed by atoms with Crippen molar-refractivity contribution in [3.8, 4) is 0 Å². The molecule has 1 fully saturated rings. The van der Waals surface area contributed by atoms with Crippen molar-refractivity contribution in [2.24, 2.45) is 18.9 Å². The lowest BCUT2D eigenvalue weighted by molar-refractivity contribution is -0.138. The van der Waals surface area contributed by atoms with E-state index in [0.717, 1.165) is 36.3 Å². The molecule has 2 aromatic heterocycles. The molecule has 2 heterocycles. The number of alkyl halides is 3. The molecule has 0 amide bonds. The summed E-state index contributed by atoms with van der Waals surface area (Å²) in [6.45, 7) is 4.39. The van der Waals surface area contributed by atoms with Gasteiger partial charge in [0, 0.05) is 30.5 Å². The normalized spacial score (nSPS) is 15.4. The summed E-state index contributed by atoms with van der Waals surface area (Å²) < 4.78 is 43.7. The van der Waals surface area contributed by atoms with Gasteiger partial charge in [-0.25, -0.2) is 4.79 Å².